The largest absolute Gasteiger partial charge is 0.384 e. The molecule has 0 aliphatic carbocycles. The molecular weight excluding hydrogens is 375 g/mol. The second-order valence-electron chi connectivity index (χ2n) is 5.65. The van der Waals surface area contributed by atoms with Crippen LogP contribution in [0.5, 0.6) is 0 Å². The molecule has 1 aliphatic heterocycles. The standard InChI is InChI=1S/C15H20Cl2N2O4S/c1-23-5-6-24(21,22)19-4-2-3-11(10-19)15(20)18-14-8-12(16)7-13(17)9-14/h7-9,11H,2-6,10H2,1H3,(H,18,20). The molecule has 9 heteroatoms. The van der Waals surface area contributed by atoms with Crippen LogP contribution < -0.4 is 5.32 Å². The van der Waals surface area contributed by atoms with Gasteiger partial charge in [-0.15, -0.1) is 0 Å². The van der Waals surface area contributed by atoms with Gasteiger partial charge in [-0.25, -0.2) is 12.7 Å². The molecule has 1 aromatic carbocycles. The summed E-state index contributed by atoms with van der Waals surface area (Å²) in [5, 5.41) is 3.60. The lowest BCUT2D eigenvalue weighted by Crippen LogP contribution is -2.45. The minimum absolute atomic E-state index is 0.0816. The van der Waals surface area contributed by atoms with Gasteiger partial charge in [0.15, 0.2) is 0 Å². The number of methoxy groups -OCH3 is 1. The lowest BCUT2D eigenvalue weighted by molar-refractivity contribution is -0.120. The Bertz CT molecular complexity index is 676. The fraction of sp³-hybridized carbons (Fsp3) is 0.533. The van der Waals surface area contributed by atoms with Gasteiger partial charge in [0, 0.05) is 35.9 Å². The molecule has 0 aromatic heterocycles. The molecular formula is C15H20Cl2N2O4S. The predicted molar refractivity (Wildman–Crippen MR) is 95.1 cm³/mol. The third-order valence-corrected chi connectivity index (χ3v) is 6.06. The van der Waals surface area contributed by atoms with Crippen molar-refractivity contribution in [2.45, 2.75) is 12.8 Å². The Morgan fingerprint density at radius 3 is 2.62 bits per heavy atom. The molecule has 1 unspecified atom stereocenters. The number of hydrogen-bond acceptors (Lipinski definition) is 4. The maximum atomic E-state index is 12.4. The smallest absolute Gasteiger partial charge is 0.228 e. The molecule has 1 saturated heterocycles. The summed E-state index contributed by atoms with van der Waals surface area (Å²) >= 11 is 11.8. The van der Waals surface area contributed by atoms with E-state index < -0.39 is 15.9 Å². The molecule has 134 valence electrons. The SMILES string of the molecule is COCCS(=O)(=O)N1CCCC(C(=O)Nc2cc(Cl)cc(Cl)c2)C1. The van der Waals surface area contributed by atoms with Crippen molar-refractivity contribution in [1.29, 1.82) is 0 Å². The van der Waals surface area contributed by atoms with Gasteiger partial charge in [-0.3, -0.25) is 4.79 Å². The molecule has 1 N–H and O–H groups in total. The summed E-state index contributed by atoms with van der Waals surface area (Å²) in [5.74, 6) is -0.726. The maximum absolute atomic E-state index is 12.4. The highest BCUT2D eigenvalue weighted by Crippen LogP contribution is 2.25. The van der Waals surface area contributed by atoms with Crippen molar-refractivity contribution in [3.05, 3.63) is 28.2 Å². The molecule has 2 rings (SSSR count). The average molecular weight is 395 g/mol. The van der Waals surface area contributed by atoms with Crippen LogP contribution in [0.4, 0.5) is 5.69 Å². The van der Waals surface area contributed by atoms with Gasteiger partial charge in [-0.05, 0) is 31.0 Å². The number of benzene rings is 1. The number of carbonyl (C=O) groups excluding carboxylic acids is 1. The van der Waals surface area contributed by atoms with Crippen molar-refractivity contribution in [3.8, 4) is 0 Å². The van der Waals surface area contributed by atoms with Gasteiger partial charge in [-0.2, -0.15) is 0 Å². The Kier molecular flexibility index (Phi) is 6.88. The van der Waals surface area contributed by atoms with Crippen molar-refractivity contribution in [2.75, 3.05) is 37.9 Å². The summed E-state index contributed by atoms with van der Waals surface area (Å²) in [6, 6.07) is 4.77. The number of anilines is 1. The Morgan fingerprint density at radius 2 is 2.00 bits per heavy atom. The number of rotatable bonds is 6. The van der Waals surface area contributed by atoms with E-state index in [0.717, 1.165) is 0 Å². The van der Waals surface area contributed by atoms with E-state index >= 15 is 0 Å². The number of hydrogen-bond donors (Lipinski definition) is 1. The first-order valence-corrected chi connectivity index (χ1v) is 9.92. The van der Waals surface area contributed by atoms with Crippen LogP contribution in [0.3, 0.4) is 0 Å². The van der Waals surface area contributed by atoms with Crippen molar-refractivity contribution in [2.24, 2.45) is 5.92 Å². The quantitative estimate of drug-likeness (QED) is 0.804. The first-order chi connectivity index (χ1) is 11.3. The minimum atomic E-state index is -3.41. The fourth-order valence-electron chi connectivity index (χ4n) is 2.60. The van der Waals surface area contributed by atoms with E-state index in [1.807, 2.05) is 0 Å². The van der Waals surface area contributed by atoms with Crippen molar-refractivity contribution < 1.29 is 17.9 Å². The molecule has 1 aliphatic rings. The Labute approximate surface area is 152 Å². The first-order valence-electron chi connectivity index (χ1n) is 7.55. The van der Waals surface area contributed by atoms with Crippen LogP contribution in [0.2, 0.25) is 10.0 Å². The molecule has 24 heavy (non-hydrogen) atoms. The zero-order valence-electron chi connectivity index (χ0n) is 13.3. The number of nitrogens with one attached hydrogen (secondary N) is 1. The average Bonchev–Trinajstić information content (AvgIpc) is 2.52. The van der Waals surface area contributed by atoms with E-state index in [4.69, 9.17) is 27.9 Å². The Hall–Kier alpha value is -0.860. The Balaban J connectivity index is 2.02. The van der Waals surface area contributed by atoms with Gasteiger partial charge < -0.3 is 10.1 Å². The van der Waals surface area contributed by atoms with Gasteiger partial charge in [0.1, 0.15) is 0 Å². The van der Waals surface area contributed by atoms with Gasteiger partial charge in [0.05, 0.1) is 18.3 Å². The zero-order chi connectivity index (χ0) is 17.7. The van der Waals surface area contributed by atoms with Crippen molar-refractivity contribution >= 4 is 44.8 Å². The Morgan fingerprint density at radius 1 is 1.33 bits per heavy atom. The van der Waals surface area contributed by atoms with E-state index in [2.05, 4.69) is 5.32 Å². The van der Waals surface area contributed by atoms with Crippen molar-refractivity contribution in [3.63, 3.8) is 0 Å². The summed E-state index contributed by atoms with van der Waals surface area (Å²) < 4.78 is 30.7. The molecule has 0 radical (unpaired) electrons. The summed E-state index contributed by atoms with van der Waals surface area (Å²) in [4.78, 5) is 12.4. The third-order valence-electron chi connectivity index (χ3n) is 3.82. The molecule has 1 heterocycles. The normalized spacial score (nSPS) is 19.2. The molecule has 0 bridgehead atoms. The number of ether oxygens (including phenoxy) is 1. The van der Waals surface area contributed by atoms with E-state index in [9.17, 15) is 13.2 Å². The van der Waals surface area contributed by atoms with Crippen LogP contribution in [0.15, 0.2) is 18.2 Å². The van der Waals surface area contributed by atoms with Crippen LogP contribution in [0, 0.1) is 5.92 Å². The summed E-state index contributed by atoms with van der Waals surface area (Å²) in [7, 11) is -1.96. The lowest BCUT2D eigenvalue weighted by atomic mass is 9.99. The molecule has 0 saturated carbocycles. The monoisotopic (exact) mass is 394 g/mol. The van der Waals surface area contributed by atoms with Crippen molar-refractivity contribution in [1.82, 2.24) is 4.31 Å². The maximum Gasteiger partial charge on any atom is 0.228 e. The summed E-state index contributed by atoms with van der Waals surface area (Å²) in [5.41, 5.74) is 0.497. The van der Waals surface area contributed by atoms with Crippen LogP contribution >= 0.6 is 23.2 Å². The number of carbonyl (C=O) groups is 1. The number of halogens is 2. The number of sulfonamides is 1. The van der Waals surface area contributed by atoms with E-state index in [1.54, 1.807) is 18.2 Å². The predicted octanol–water partition coefficient (Wildman–Crippen LogP) is 2.62. The zero-order valence-corrected chi connectivity index (χ0v) is 15.6. The third kappa shape index (κ3) is 5.32. The first kappa shape index (κ1) is 19.5. The molecule has 0 spiro atoms. The number of nitrogens with zero attached hydrogens (tertiary/aromatic N) is 1. The van der Waals surface area contributed by atoms with Gasteiger partial charge in [-0.1, -0.05) is 23.2 Å². The lowest BCUT2D eigenvalue weighted by Gasteiger charge is -2.31. The van der Waals surface area contributed by atoms with Crippen LogP contribution in [-0.2, 0) is 19.6 Å². The molecule has 1 amide bonds. The summed E-state index contributed by atoms with van der Waals surface area (Å²) in [6.07, 6.45) is 1.27. The molecule has 6 nitrogen and oxygen atoms in total. The fourth-order valence-corrected chi connectivity index (χ4v) is 4.57. The molecule has 1 fully saturated rings. The number of piperidine rings is 1. The van der Waals surface area contributed by atoms with Crippen LogP contribution in [0.1, 0.15) is 12.8 Å². The topological polar surface area (TPSA) is 75.7 Å². The van der Waals surface area contributed by atoms with Gasteiger partial charge in [0.2, 0.25) is 15.9 Å². The van der Waals surface area contributed by atoms with E-state index in [-0.39, 0.29) is 24.8 Å². The van der Waals surface area contributed by atoms with E-state index in [0.29, 0.717) is 35.1 Å². The second-order valence-corrected chi connectivity index (χ2v) is 8.61. The van der Waals surface area contributed by atoms with E-state index in [1.165, 1.54) is 11.4 Å². The van der Waals surface area contributed by atoms with Gasteiger partial charge in [0.25, 0.3) is 0 Å². The van der Waals surface area contributed by atoms with Crippen LogP contribution in [-0.4, -0.2) is 51.2 Å². The highest BCUT2D eigenvalue weighted by Gasteiger charge is 2.32. The highest BCUT2D eigenvalue weighted by atomic mass is 35.5. The van der Waals surface area contributed by atoms with Gasteiger partial charge >= 0.3 is 0 Å². The molecule has 1 atom stereocenters. The summed E-state index contributed by atoms with van der Waals surface area (Å²) in [6.45, 7) is 0.738. The second kappa shape index (κ2) is 8.49. The van der Waals surface area contributed by atoms with Crippen LogP contribution in [0.25, 0.3) is 0 Å². The molecule has 1 aromatic rings. The number of amides is 1. The minimum Gasteiger partial charge on any atom is -0.384 e. The highest BCUT2D eigenvalue weighted by molar-refractivity contribution is 7.89.